The van der Waals surface area contributed by atoms with Gasteiger partial charge < -0.3 is 19.6 Å². The number of ether oxygens (including phenoxy) is 1. The van der Waals surface area contributed by atoms with Gasteiger partial charge in [0.2, 0.25) is 11.9 Å². The number of nitrogens with zero attached hydrogens (tertiary/aromatic N) is 4. The van der Waals surface area contributed by atoms with Crippen LogP contribution in [0.1, 0.15) is 38.2 Å². The maximum absolute atomic E-state index is 13.1. The highest BCUT2D eigenvalue weighted by atomic mass is 16.5. The van der Waals surface area contributed by atoms with Crippen LogP contribution < -0.4 is 4.90 Å². The lowest BCUT2D eigenvalue weighted by Gasteiger charge is -2.36. The molecule has 1 N–H and O–H groups in total. The van der Waals surface area contributed by atoms with E-state index in [1.165, 1.54) is 0 Å². The highest BCUT2D eigenvalue weighted by Gasteiger charge is 2.55. The molecule has 1 aromatic heterocycles. The van der Waals surface area contributed by atoms with Crippen molar-refractivity contribution in [2.45, 2.75) is 45.6 Å². The molecule has 0 bridgehead atoms. The third-order valence-corrected chi connectivity index (χ3v) is 6.69. The number of aromatic nitrogens is 2. The van der Waals surface area contributed by atoms with Crippen molar-refractivity contribution >= 4 is 17.8 Å². The molecule has 3 aliphatic rings. The molecule has 0 radical (unpaired) electrons. The van der Waals surface area contributed by atoms with Crippen molar-refractivity contribution in [3.63, 3.8) is 0 Å². The minimum Gasteiger partial charge on any atom is -0.466 e. The predicted molar refractivity (Wildman–Crippen MR) is 106 cm³/mol. The van der Waals surface area contributed by atoms with Crippen LogP contribution in [-0.4, -0.2) is 70.7 Å². The number of aliphatic hydroxyl groups excluding tert-OH is 1. The molecule has 29 heavy (non-hydrogen) atoms. The molecule has 8 heteroatoms. The number of likely N-dealkylation sites (tertiary alicyclic amines) is 1. The first-order valence-electron chi connectivity index (χ1n) is 10.6. The molecule has 2 aliphatic heterocycles. The number of carbonyl (C=O) groups excluding carboxylic acids is 2. The number of fused-ring (bicyclic) bond motifs is 1. The molecular formula is C21H30N4O4. The van der Waals surface area contributed by atoms with Gasteiger partial charge in [0.25, 0.3) is 0 Å². The Balaban J connectivity index is 1.57. The molecule has 0 aromatic carbocycles. The number of rotatable bonds is 4. The van der Waals surface area contributed by atoms with E-state index < -0.39 is 5.41 Å². The molecule has 2 saturated heterocycles. The van der Waals surface area contributed by atoms with Crippen LogP contribution in [0.4, 0.5) is 5.95 Å². The number of hydrogen-bond donors (Lipinski definition) is 1. The third-order valence-electron chi connectivity index (χ3n) is 6.69. The zero-order chi connectivity index (χ0) is 20.6. The highest BCUT2D eigenvalue weighted by Crippen LogP contribution is 2.45. The Hall–Kier alpha value is -2.22. The summed E-state index contributed by atoms with van der Waals surface area (Å²) in [6.45, 7) is 6.45. The van der Waals surface area contributed by atoms with E-state index in [1.54, 1.807) is 12.4 Å². The first kappa shape index (κ1) is 20.1. The van der Waals surface area contributed by atoms with Crippen LogP contribution in [0.5, 0.6) is 0 Å². The average Bonchev–Trinajstić information content (AvgIpc) is 2.94. The number of hydrogen-bond acceptors (Lipinski definition) is 7. The number of aliphatic hydroxyl groups is 1. The molecule has 2 atom stereocenters. The lowest BCUT2D eigenvalue weighted by Crippen LogP contribution is -2.47. The fourth-order valence-corrected chi connectivity index (χ4v) is 4.99. The number of aryl methyl sites for hydroxylation is 1. The Kier molecular flexibility index (Phi) is 5.46. The van der Waals surface area contributed by atoms with Gasteiger partial charge in [0.15, 0.2) is 0 Å². The summed E-state index contributed by atoms with van der Waals surface area (Å²) in [5, 5.41) is 9.57. The van der Waals surface area contributed by atoms with Crippen LogP contribution in [0, 0.1) is 24.2 Å². The lowest BCUT2D eigenvalue weighted by atomic mass is 9.75. The van der Waals surface area contributed by atoms with Gasteiger partial charge in [0.05, 0.1) is 18.1 Å². The van der Waals surface area contributed by atoms with E-state index in [9.17, 15) is 14.7 Å². The topological polar surface area (TPSA) is 95.9 Å². The summed E-state index contributed by atoms with van der Waals surface area (Å²) < 4.78 is 5.49. The van der Waals surface area contributed by atoms with Gasteiger partial charge in [-0.3, -0.25) is 9.59 Å². The van der Waals surface area contributed by atoms with E-state index in [-0.39, 0.29) is 29.8 Å². The SMILES string of the molecule is CCOC(=O)[C@@]12CCCN(C(=O)C3CC(O)C3)C[C@H]1CN(c1ncc(C)cn1)C2. The number of anilines is 1. The van der Waals surface area contributed by atoms with Crippen molar-refractivity contribution in [2.75, 3.05) is 37.7 Å². The molecule has 4 rings (SSSR count). The van der Waals surface area contributed by atoms with Crippen LogP contribution in [0.15, 0.2) is 12.4 Å². The van der Waals surface area contributed by atoms with Gasteiger partial charge in [0, 0.05) is 50.4 Å². The van der Waals surface area contributed by atoms with Crippen LogP contribution in [-0.2, 0) is 14.3 Å². The van der Waals surface area contributed by atoms with E-state index in [4.69, 9.17) is 4.74 Å². The standard InChI is InChI=1S/C21H30N4O4/c1-3-29-19(28)21-5-4-6-24(18(27)15-7-17(26)8-15)11-16(21)12-25(13-21)20-22-9-14(2)10-23-20/h9-10,15-17,26H,3-8,11-13H2,1-2H3/t15?,16-,17?,21+/m0/s1. The number of carbonyl (C=O) groups is 2. The first-order chi connectivity index (χ1) is 13.9. The largest absolute Gasteiger partial charge is 0.466 e. The second-order valence-electron chi connectivity index (χ2n) is 8.72. The Morgan fingerprint density at radius 1 is 1.28 bits per heavy atom. The molecule has 0 spiro atoms. The van der Waals surface area contributed by atoms with Crippen LogP contribution in [0.3, 0.4) is 0 Å². The quantitative estimate of drug-likeness (QED) is 0.755. The molecule has 3 fully saturated rings. The minimum atomic E-state index is -0.640. The molecule has 1 saturated carbocycles. The fourth-order valence-electron chi connectivity index (χ4n) is 4.99. The van der Waals surface area contributed by atoms with Gasteiger partial charge in [-0.1, -0.05) is 0 Å². The average molecular weight is 402 g/mol. The first-order valence-corrected chi connectivity index (χ1v) is 10.6. The molecular weight excluding hydrogens is 372 g/mol. The second kappa shape index (κ2) is 7.89. The number of amides is 1. The smallest absolute Gasteiger partial charge is 0.314 e. The molecule has 158 valence electrons. The molecule has 1 aromatic rings. The van der Waals surface area contributed by atoms with Crippen LogP contribution in [0.2, 0.25) is 0 Å². The highest BCUT2D eigenvalue weighted by molar-refractivity contribution is 5.82. The van der Waals surface area contributed by atoms with Crippen molar-refractivity contribution in [2.24, 2.45) is 17.3 Å². The molecule has 1 aliphatic carbocycles. The zero-order valence-corrected chi connectivity index (χ0v) is 17.2. The molecule has 8 nitrogen and oxygen atoms in total. The van der Waals surface area contributed by atoms with Crippen molar-refractivity contribution in [3.05, 3.63) is 18.0 Å². The van der Waals surface area contributed by atoms with Gasteiger partial charge >= 0.3 is 5.97 Å². The Morgan fingerprint density at radius 3 is 2.66 bits per heavy atom. The van der Waals surface area contributed by atoms with Gasteiger partial charge in [-0.25, -0.2) is 9.97 Å². The van der Waals surface area contributed by atoms with E-state index in [2.05, 4.69) is 14.9 Å². The normalized spacial score (nSPS) is 31.6. The summed E-state index contributed by atoms with van der Waals surface area (Å²) in [6, 6.07) is 0. The summed E-state index contributed by atoms with van der Waals surface area (Å²) >= 11 is 0. The van der Waals surface area contributed by atoms with E-state index in [0.29, 0.717) is 58.0 Å². The summed E-state index contributed by atoms with van der Waals surface area (Å²) in [6.07, 6.45) is 5.76. The maximum atomic E-state index is 13.1. The summed E-state index contributed by atoms with van der Waals surface area (Å²) in [5.41, 5.74) is 0.347. The maximum Gasteiger partial charge on any atom is 0.314 e. The predicted octanol–water partition coefficient (Wildman–Crippen LogP) is 1.16. The Bertz CT molecular complexity index is 764. The molecule has 1 amide bonds. The van der Waals surface area contributed by atoms with Crippen LogP contribution >= 0.6 is 0 Å². The van der Waals surface area contributed by atoms with Gasteiger partial charge in [0.1, 0.15) is 0 Å². The number of esters is 1. The van der Waals surface area contributed by atoms with Gasteiger partial charge in [-0.2, -0.15) is 0 Å². The fraction of sp³-hybridized carbons (Fsp3) is 0.714. The monoisotopic (exact) mass is 402 g/mol. The summed E-state index contributed by atoms with van der Waals surface area (Å²) in [4.78, 5) is 38.8. The Morgan fingerprint density at radius 2 is 2.00 bits per heavy atom. The van der Waals surface area contributed by atoms with E-state index >= 15 is 0 Å². The minimum absolute atomic E-state index is 0.0251. The van der Waals surface area contributed by atoms with E-state index in [1.807, 2.05) is 18.7 Å². The third kappa shape index (κ3) is 3.70. The van der Waals surface area contributed by atoms with Crippen molar-refractivity contribution < 1.29 is 19.4 Å². The summed E-state index contributed by atoms with van der Waals surface area (Å²) in [7, 11) is 0. The van der Waals surface area contributed by atoms with Crippen molar-refractivity contribution in [1.82, 2.24) is 14.9 Å². The van der Waals surface area contributed by atoms with Crippen molar-refractivity contribution in [3.8, 4) is 0 Å². The van der Waals surface area contributed by atoms with Crippen LogP contribution in [0.25, 0.3) is 0 Å². The second-order valence-corrected chi connectivity index (χ2v) is 8.72. The summed E-state index contributed by atoms with van der Waals surface area (Å²) in [5.74, 6) is 0.446. The van der Waals surface area contributed by atoms with Gasteiger partial charge in [-0.05, 0) is 45.1 Å². The van der Waals surface area contributed by atoms with Gasteiger partial charge in [-0.15, -0.1) is 0 Å². The lowest BCUT2D eigenvalue weighted by molar-refractivity contribution is -0.157. The van der Waals surface area contributed by atoms with Crippen molar-refractivity contribution in [1.29, 1.82) is 0 Å². The molecule has 0 unspecified atom stereocenters. The zero-order valence-electron chi connectivity index (χ0n) is 17.2. The molecule has 3 heterocycles. The Labute approximate surface area is 171 Å². The van der Waals surface area contributed by atoms with E-state index in [0.717, 1.165) is 12.0 Å².